The minimum absolute atomic E-state index is 0.206. The van der Waals surface area contributed by atoms with Crippen LogP contribution < -0.4 is 5.73 Å². The zero-order valence-corrected chi connectivity index (χ0v) is 9.47. The summed E-state index contributed by atoms with van der Waals surface area (Å²) in [6.45, 7) is 7.30. The molecule has 0 heterocycles. The summed E-state index contributed by atoms with van der Waals surface area (Å²) in [5.74, 6) is 0.206. The highest BCUT2D eigenvalue weighted by atomic mass is 16.2. The molecule has 0 fully saturated rings. The summed E-state index contributed by atoms with van der Waals surface area (Å²) in [5, 5.41) is 0. The number of carbonyl (C=O) groups is 1. The number of hydrogen-bond donors (Lipinski definition) is 1. The Bertz CT molecular complexity index is 115. The normalized spacial score (nSPS) is 8.69. The number of nitrogens with two attached hydrogens (primary N) is 1. The van der Waals surface area contributed by atoms with Gasteiger partial charge in [-0.25, -0.2) is 0 Å². The van der Waals surface area contributed by atoms with Gasteiger partial charge in [0.25, 0.3) is 0 Å². The lowest BCUT2D eigenvalue weighted by Crippen LogP contribution is -2.31. The molecule has 0 rings (SSSR count). The van der Waals surface area contributed by atoms with Gasteiger partial charge in [-0.1, -0.05) is 27.2 Å². The molecule has 2 N–H and O–H groups in total. The van der Waals surface area contributed by atoms with Crippen molar-refractivity contribution in [1.29, 1.82) is 0 Å². The van der Waals surface area contributed by atoms with E-state index in [1.54, 1.807) is 11.9 Å². The number of rotatable bonds is 5. The molecule has 80 valence electrons. The number of nitrogens with zero attached hydrogens (tertiary/aromatic N) is 1. The van der Waals surface area contributed by atoms with Crippen LogP contribution in [0.5, 0.6) is 0 Å². The van der Waals surface area contributed by atoms with Crippen molar-refractivity contribution in [3.63, 3.8) is 0 Å². The van der Waals surface area contributed by atoms with E-state index in [1.165, 1.54) is 0 Å². The summed E-state index contributed by atoms with van der Waals surface area (Å²) in [6.07, 6.45) is 2.71. The fourth-order valence-corrected chi connectivity index (χ4v) is 0.837. The van der Waals surface area contributed by atoms with E-state index in [-0.39, 0.29) is 5.91 Å². The van der Waals surface area contributed by atoms with E-state index in [1.807, 2.05) is 13.8 Å². The predicted molar refractivity (Wildman–Crippen MR) is 57.6 cm³/mol. The lowest BCUT2D eigenvalue weighted by Gasteiger charge is -2.15. The standard InChI is InChI=1S/C8H18N2O.C2H6/c1-3-4-5-8(11)10(2)7-6-9;1-2/h3-7,9H2,1-2H3;1-2H3. The Labute approximate surface area is 82.3 Å². The van der Waals surface area contributed by atoms with Gasteiger partial charge in [-0.3, -0.25) is 4.79 Å². The summed E-state index contributed by atoms with van der Waals surface area (Å²) in [4.78, 5) is 12.9. The van der Waals surface area contributed by atoms with Gasteiger partial charge in [-0.05, 0) is 6.42 Å². The van der Waals surface area contributed by atoms with Gasteiger partial charge in [0, 0.05) is 26.6 Å². The molecule has 0 aromatic heterocycles. The third kappa shape index (κ3) is 9.34. The summed E-state index contributed by atoms with van der Waals surface area (Å²) < 4.78 is 0. The SMILES string of the molecule is CC.CCCCC(=O)N(C)CCN. The van der Waals surface area contributed by atoms with E-state index in [9.17, 15) is 4.79 Å². The average molecular weight is 188 g/mol. The Morgan fingerprint density at radius 1 is 1.38 bits per heavy atom. The van der Waals surface area contributed by atoms with Crippen LogP contribution >= 0.6 is 0 Å². The van der Waals surface area contributed by atoms with E-state index in [4.69, 9.17) is 5.73 Å². The molecule has 0 unspecified atom stereocenters. The number of carbonyl (C=O) groups excluding carboxylic acids is 1. The van der Waals surface area contributed by atoms with Crippen molar-refractivity contribution in [2.24, 2.45) is 5.73 Å². The molecule has 0 radical (unpaired) electrons. The van der Waals surface area contributed by atoms with Crippen LogP contribution in [0.25, 0.3) is 0 Å². The van der Waals surface area contributed by atoms with Crippen LogP contribution in [0.4, 0.5) is 0 Å². The number of likely N-dealkylation sites (N-methyl/N-ethyl adjacent to an activating group) is 1. The van der Waals surface area contributed by atoms with Crippen molar-refractivity contribution < 1.29 is 4.79 Å². The molecule has 1 amide bonds. The van der Waals surface area contributed by atoms with Crippen molar-refractivity contribution >= 4 is 5.91 Å². The molecule has 3 heteroatoms. The number of hydrogen-bond acceptors (Lipinski definition) is 2. The van der Waals surface area contributed by atoms with Gasteiger partial charge in [0.05, 0.1) is 0 Å². The third-order valence-electron chi connectivity index (χ3n) is 1.63. The van der Waals surface area contributed by atoms with Crippen LogP contribution in [0, 0.1) is 0 Å². The van der Waals surface area contributed by atoms with Crippen LogP contribution in [-0.4, -0.2) is 30.9 Å². The van der Waals surface area contributed by atoms with E-state index < -0.39 is 0 Å². The highest BCUT2D eigenvalue weighted by Gasteiger charge is 2.05. The molecule has 0 aromatic carbocycles. The first kappa shape index (κ1) is 14.9. The van der Waals surface area contributed by atoms with Crippen molar-refractivity contribution in [2.75, 3.05) is 20.1 Å². The molecule has 0 aliphatic rings. The largest absolute Gasteiger partial charge is 0.344 e. The maximum Gasteiger partial charge on any atom is 0.222 e. The smallest absolute Gasteiger partial charge is 0.222 e. The second-order valence-electron chi connectivity index (χ2n) is 2.71. The molecule has 0 aromatic rings. The quantitative estimate of drug-likeness (QED) is 0.712. The minimum Gasteiger partial charge on any atom is -0.344 e. The summed E-state index contributed by atoms with van der Waals surface area (Å²) in [5.41, 5.74) is 5.30. The second-order valence-corrected chi connectivity index (χ2v) is 2.71. The molecular formula is C10H24N2O. The summed E-state index contributed by atoms with van der Waals surface area (Å²) in [6, 6.07) is 0. The van der Waals surface area contributed by atoms with Crippen molar-refractivity contribution in [3.8, 4) is 0 Å². The first-order chi connectivity index (χ1) is 6.22. The Morgan fingerprint density at radius 3 is 2.31 bits per heavy atom. The van der Waals surface area contributed by atoms with Gasteiger partial charge >= 0.3 is 0 Å². The molecule has 0 saturated heterocycles. The van der Waals surface area contributed by atoms with Crippen LogP contribution in [0.3, 0.4) is 0 Å². The number of unbranched alkanes of at least 4 members (excludes halogenated alkanes) is 1. The van der Waals surface area contributed by atoms with Crippen LogP contribution in [0.2, 0.25) is 0 Å². The molecule has 3 nitrogen and oxygen atoms in total. The highest BCUT2D eigenvalue weighted by molar-refractivity contribution is 5.75. The summed E-state index contributed by atoms with van der Waals surface area (Å²) in [7, 11) is 1.80. The third-order valence-corrected chi connectivity index (χ3v) is 1.63. The Balaban J connectivity index is 0. The molecular weight excluding hydrogens is 164 g/mol. The lowest BCUT2D eigenvalue weighted by molar-refractivity contribution is -0.129. The summed E-state index contributed by atoms with van der Waals surface area (Å²) >= 11 is 0. The topological polar surface area (TPSA) is 46.3 Å². The van der Waals surface area contributed by atoms with Gasteiger partial charge in [0.2, 0.25) is 5.91 Å². The maximum atomic E-state index is 11.2. The van der Waals surface area contributed by atoms with Crippen LogP contribution in [0.1, 0.15) is 40.0 Å². The first-order valence-corrected chi connectivity index (χ1v) is 5.16. The van der Waals surface area contributed by atoms with Crippen molar-refractivity contribution in [1.82, 2.24) is 4.90 Å². The van der Waals surface area contributed by atoms with E-state index in [0.717, 1.165) is 12.8 Å². The molecule has 0 bridgehead atoms. The molecule has 0 spiro atoms. The maximum absolute atomic E-state index is 11.2. The van der Waals surface area contributed by atoms with E-state index >= 15 is 0 Å². The fourth-order valence-electron chi connectivity index (χ4n) is 0.837. The minimum atomic E-state index is 0.206. The van der Waals surface area contributed by atoms with E-state index in [0.29, 0.717) is 19.5 Å². The van der Waals surface area contributed by atoms with Crippen molar-refractivity contribution in [3.05, 3.63) is 0 Å². The predicted octanol–water partition coefficient (Wildman–Crippen LogP) is 1.62. The molecule has 13 heavy (non-hydrogen) atoms. The monoisotopic (exact) mass is 188 g/mol. The van der Waals surface area contributed by atoms with Crippen LogP contribution in [-0.2, 0) is 4.79 Å². The highest BCUT2D eigenvalue weighted by Crippen LogP contribution is 1.97. The first-order valence-electron chi connectivity index (χ1n) is 5.16. The fraction of sp³-hybridized carbons (Fsp3) is 0.900. The van der Waals surface area contributed by atoms with Gasteiger partial charge < -0.3 is 10.6 Å². The Kier molecular flexibility index (Phi) is 13.1. The van der Waals surface area contributed by atoms with Gasteiger partial charge in [0.1, 0.15) is 0 Å². The zero-order chi connectivity index (χ0) is 10.7. The zero-order valence-electron chi connectivity index (χ0n) is 9.47. The molecule has 0 aliphatic carbocycles. The van der Waals surface area contributed by atoms with Gasteiger partial charge in [-0.2, -0.15) is 0 Å². The van der Waals surface area contributed by atoms with Crippen LogP contribution in [0.15, 0.2) is 0 Å². The molecule has 0 aliphatic heterocycles. The second kappa shape index (κ2) is 11.4. The number of amides is 1. The molecule has 0 atom stereocenters. The average Bonchev–Trinajstić information content (AvgIpc) is 2.17. The van der Waals surface area contributed by atoms with Crippen molar-refractivity contribution in [2.45, 2.75) is 40.0 Å². The van der Waals surface area contributed by atoms with E-state index in [2.05, 4.69) is 6.92 Å². The lowest BCUT2D eigenvalue weighted by atomic mass is 10.2. The van der Waals surface area contributed by atoms with Gasteiger partial charge in [-0.15, -0.1) is 0 Å². The Hall–Kier alpha value is -0.570. The Morgan fingerprint density at radius 2 is 1.92 bits per heavy atom. The van der Waals surface area contributed by atoms with Gasteiger partial charge in [0.15, 0.2) is 0 Å². The molecule has 0 saturated carbocycles.